The highest BCUT2D eigenvalue weighted by atomic mass is 35.5. The number of benzene rings is 1. The molecule has 0 radical (unpaired) electrons. The van der Waals surface area contributed by atoms with E-state index in [1.807, 2.05) is 19.2 Å². The predicted octanol–water partition coefficient (Wildman–Crippen LogP) is 3.30. The minimum atomic E-state index is -0.00997. The van der Waals surface area contributed by atoms with Crippen LogP contribution in [0.4, 0.5) is 0 Å². The maximum Gasteiger partial charge on any atom is 0.221 e. The number of nitrogens with one attached hydrogen (secondary N) is 1. The van der Waals surface area contributed by atoms with E-state index in [2.05, 4.69) is 10.4 Å². The summed E-state index contributed by atoms with van der Waals surface area (Å²) in [6, 6.07) is 5.38. The van der Waals surface area contributed by atoms with E-state index in [0.29, 0.717) is 23.0 Å². The molecule has 0 unspecified atom stereocenters. The van der Waals surface area contributed by atoms with Crippen molar-refractivity contribution in [1.82, 2.24) is 15.1 Å². The summed E-state index contributed by atoms with van der Waals surface area (Å²) in [4.78, 5) is 11.3. The minimum absolute atomic E-state index is 0.00997. The van der Waals surface area contributed by atoms with Gasteiger partial charge in [0.15, 0.2) is 0 Å². The van der Waals surface area contributed by atoms with Gasteiger partial charge in [-0.3, -0.25) is 9.48 Å². The van der Waals surface area contributed by atoms with Crippen LogP contribution in [0.15, 0.2) is 24.4 Å². The van der Waals surface area contributed by atoms with E-state index in [1.165, 1.54) is 0 Å². The third-order valence-electron chi connectivity index (χ3n) is 3.01. The highest BCUT2D eigenvalue weighted by molar-refractivity contribution is 6.36. The number of rotatable bonds is 4. The van der Waals surface area contributed by atoms with Crippen molar-refractivity contribution in [3.63, 3.8) is 0 Å². The maximum atomic E-state index is 11.3. The third kappa shape index (κ3) is 3.32. The third-order valence-corrected chi connectivity index (χ3v) is 3.56. The summed E-state index contributed by atoms with van der Waals surface area (Å²) in [5.41, 5.74) is 2.70. The molecule has 0 atom stereocenters. The van der Waals surface area contributed by atoms with Gasteiger partial charge in [-0.25, -0.2) is 0 Å². The first kappa shape index (κ1) is 14.9. The van der Waals surface area contributed by atoms with E-state index in [0.717, 1.165) is 16.8 Å². The molecule has 1 aromatic carbocycles. The summed E-state index contributed by atoms with van der Waals surface area (Å²) >= 11 is 12.1. The molecule has 106 valence electrons. The number of aryl methyl sites for hydroxylation is 2. The molecule has 0 spiro atoms. The Hall–Kier alpha value is -1.52. The lowest BCUT2D eigenvalue weighted by Gasteiger charge is -2.03. The summed E-state index contributed by atoms with van der Waals surface area (Å²) in [5.74, 6) is -0.00997. The summed E-state index contributed by atoms with van der Waals surface area (Å²) in [6.45, 7) is 2.45. The first-order chi connectivity index (χ1) is 9.51. The fourth-order valence-corrected chi connectivity index (χ4v) is 2.46. The average Bonchev–Trinajstić information content (AvgIpc) is 2.77. The van der Waals surface area contributed by atoms with Crippen molar-refractivity contribution >= 4 is 29.1 Å². The lowest BCUT2D eigenvalue weighted by molar-refractivity contribution is -0.120. The van der Waals surface area contributed by atoms with Crippen LogP contribution in [0.1, 0.15) is 12.1 Å². The van der Waals surface area contributed by atoms with Gasteiger partial charge >= 0.3 is 0 Å². The van der Waals surface area contributed by atoms with Gasteiger partial charge in [-0.2, -0.15) is 5.10 Å². The van der Waals surface area contributed by atoms with Gasteiger partial charge in [-0.05, 0) is 19.1 Å². The smallest absolute Gasteiger partial charge is 0.221 e. The Bertz CT molecular complexity index is 637. The van der Waals surface area contributed by atoms with Crippen molar-refractivity contribution in [2.75, 3.05) is 7.05 Å². The van der Waals surface area contributed by atoms with Crippen LogP contribution < -0.4 is 5.32 Å². The van der Waals surface area contributed by atoms with Crippen LogP contribution >= 0.6 is 23.2 Å². The van der Waals surface area contributed by atoms with Gasteiger partial charge < -0.3 is 5.32 Å². The van der Waals surface area contributed by atoms with Gasteiger partial charge in [0, 0.05) is 47.4 Å². The molecule has 2 aromatic rings. The lowest BCUT2D eigenvalue weighted by Crippen LogP contribution is -2.19. The highest BCUT2D eigenvalue weighted by Crippen LogP contribution is 2.31. The molecular formula is C14H15Cl2N3O. The minimum Gasteiger partial charge on any atom is -0.359 e. The van der Waals surface area contributed by atoms with Crippen LogP contribution in [0.3, 0.4) is 0 Å². The van der Waals surface area contributed by atoms with Gasteiger partial charge in [0.05, 0.1) is 5.69 Å². The van der Waals surface area contributed by atoms with Gasteiger partial charge in [0.25, 0.3) is 0 Å². The average molecular weight is 312 g/mol. The molecule has 0 aliphatic heterocycles. The Labute approximate surface area is 127 Å². The molecule has 0 aliphatic carbocycles. The topological polar surface area (TPSA) is 46.9 Å². The fourth-order valence-electron chi connectivity index (χ4n) is 1.95. The first-order valence-electron chi connectivity index (χ1n) is 6.21. The highest BCUT2D eigenvalue weighted by Gasteiger charge is 2.11. The van der Waals surface area contributed by atoms with Crippen LogP contribution in [0.25, 0.3) is 11.1 Å². The van der Waals surface area contributed by atoms with Gasteiger partial charge in [0.1, 0.15) is 0 Å². The molecule has 0 bridgehead atoms. The molecule has 2 rings (SSSR count). The van der Waals surface area contributed by atoms with E-state index in [9.17, 15) is 4.79 Å². The largest absolute Gasteiger partial charge is 0.359 e. The molecule has 1 heterocycles. The molecule has 20 heavy (non-hydrogen) atoms. The molecule has 1 aromatic heterocycles. The normalized spacial score (nSPS) is 10.6. The van der Waals surface area contributed by atoms with E-state index < -0.39 is 0 Å². The number of nitrogens with zero attached hydrogens (tertiary/aromatic N) is 2. The van der Waals surface area contributed by atoms with Crippen molar-refractivity contribution in [2.45, 2.75) is 19.9 Å². The summed E-state index contributed by atoms with van der Waals surface area (Å²) in [5, 5.41) is 8.18. The summed E-state index contributed by atoms with van der Waals surface area (Å²) in [6.07, 6.45) is 2.29. The standard InChI is InChI=1S/C14H15Cl2N3O/c1-9-12(11-4-3-10(15)7-13(11)16)8-19(18-9)6-5-14(20)17-2/h3-4,7-8H,5-6H2,1-2H3,(H,17,20). The molecular weight excluding hydrogens is 297 g/mol. The van der Waals surface area contributed by atoms with Crippen LogP contribution in [0, 0.1) is 6.92 Å². The molecule has 6 heteroatoms. The number of amides is 1. The number of carbonyl (C=O) groups excluding carboxylic acids is 1. The second-order valence-corrected chi connectivity index (χ2v) is 5.28. The van der Waals surface area contributed by atoms with Crippen molar-refractivity contribution in [1.29, 1.82) is 0 Å². The van der Waals surface area contributed by atoms with Crippen LogP contribution in [-0.2, 0) is 11.3 Å². The Kier molecular flexibility index (Phi) is 4.68. The number of hydrogen-bond acceptors (Lipinski definition) is 2. The Morgan fingerprint density at radius 3 is 2.75 bits per heavy atom. The van der Waals surface area contributed by atoms with Crippen molar-refractivity contribution in [3.05, 3.63) is 40.1 Å². The van der Waals surface area contributed by atoms with Gasteiger partial charge in [-0.15, -0.1) is 0 Å². The Morgan fingerprint density at radius 1 is 1.35 bits per heavy atom. The second-order valence-electron chi connectivity index (χ2n) is 4.44. The Balaban J connectivity index is 2.25. The molecule has 0 saturated carbocycles. The Morgan fingerprint density at radius 2 is 2.10 bits per heavy atom. The molecule has 4 nitrogen and oxygen atoms in total. The van der Waals surface area contributed by atoms with Crippen molar-refractivity contribution in [3.8, 4) is 11.1 Å². The first-order valence-corrected chi connectivity index (χ1v) is 6.97. The zero-order chi connectivity index (χ0) is 14.7. The van der Waals surface area contributed by atoms with Crippen LogP contribution in [-0.4, -0.2) is 22.7 Å². The molecule has 0 fully saturated rings. The van der Waals surface area contributed by atoms with E-state index in [1.54, 1.807) is 23.9 Å². The molecule has 0 aliphatic rings. The van der Waals surface area contributed by atoms with E-state index >= 15 is 0 Å². The lowest BCUT2D eigenvalue weighted by atomic mass is 10.1. The predicted molar refractivity (Wildman–Crippen MR) is 81.1 cm³/mol. The van der Waals surface area contributed by atoms with Crippen LogP contribution in [0.5, 0.6) is 0 Å². The molecule has 1 N–H and O–H groups in total. The fraction of sp³-hybridized carbons (Fsp3) is 0.286. The van der Waals surface area contributed by atoms with Gasteiger partial charge in [-0.1, -0.05) is 29.3 Å². The second kappa shape index (κ2) is 6.29. The van der Waals surface area contributed by atoms with E-state index in [4.69, 9.17) is 23.2 Å². The van der Waals surface area contributed by atoms with Crippen molar-refractivity contribution < 1.29 is 4.79 Å². The summed E-state index contributed by atoms with van der Waals surface area (Å²) in [7, 11) is 1.62. The molecule has 1 amide bonds. The van der Waals surface area contributed by atoms with Gasteiger partial charge in [0.2, 0.25) is 5.91 Å². The van der Waals surface area contributed by atoms with Crippen LogP contribution in [0.2, 0.25) is 10.0 Å². The van der Waals surface area contributed by atoms with E-state index in [-0.39, 0.29) is 5.91 Å². The number of aromatic nitrogens is 2. The maximum absolute atomic E-state index is 11.3. The molecule has 0 saturated heterocycles. The summed E-state index contributed by atoms with van der Waals surface area (Å²) < 4.78 is 1.75. The zero-order valence-electron chi connectivity index (χ0n) is 11.3. The monoisotopic (exact) mass is 311 g/mol. The van der Waals surface area contributed by atoms with Crippen molar-refractivity contribution in [2.24, 2.45) is 0 Å². The SMILES string of the molecule is CNC(=O)CCn1cc(-c2ccc(Cl)cc2Cl)c(C)n1. The zero-order valence-corrected chi connectivity index (χ0v) is 12.8. The number of carbonyl (C=O) groups is 1. The quantitative estimate of drug-likeness (QED) is 0.941. The number of hydrogen-bond donors (Lipinski definition) is 1. The number of halogens is 2.